The Hall–Kier alpha value is -2.38. The largest absolute Gasteiger partial charge is 0.462 e. The zero-order valence-electron chi connectivity index (χ0n) is 31.3. The van der Waals surface area contributed by atoms with Crippen molar-refractivity contribution in [3.8, 4) is 0 Å². The SMILES string of the molecule is CC(C)CC(=O)OC1CC(C(=O)NC(N)=NC(=N)N(C)C)C2(C)C(CCC3(C)C2CC=C2C4C(CCC(C)C4C)CCC23C)C1(C)C. The van der Waals surface area contributed by atoms with Gasteiger partial charge in [0.05, 0.1) is 0 Å². The fourth-order valence-corrected chi connectivity index (χ4v) is 12.0. The van der Waals surface area contributed by atoms with E-state index in [4.69, 9.17) is 15.9 Å². The number of allylic oxidation sites excluding steroid dienone is 2. The van der Waals surface area contributed by atoms with Crippen molar-refractivity contribution < 1.29 is 14.3 Å². The van der Waals surface area contributed by atoms with Crippen molar-refractivity contribution in [2.45, 2.75) is 126 Å². The molecule has 0 heterocycles. The Balaban J connectivity index is 1.58. The van der Waals surface area contributed by atoms with Gasteiger partial charge in [0.25, 0.3) is 0 Å². The fourth-order valence-electron chi connectivity index (χ4n) is 12.0. The highest BCUT2D eigenvalue weighted by atomic mass is 16.5. The van der Waals surface area contributed by atoms with Crippen LogP contribution in [0.4, 0.5) is 0 Å². The van der Waals surface area contributed by atoms with Crippen LogP contribution in [-0.2, 0) is 14.3 Å². The molecule has 0 aliphatic heterocycles. The van der Waals surface area contributed by atoms with Gasteiger partial charge in [0, 0.05) is 31.8 Å². The first-order valence-corrected chi connectivity index (χ1v) is 18.6. The highest BCUT2D eigenvalue weighted by molar-refractivity contribution is 6.02. The average molecular weight is 652 g/mol. The van der Waals surface area contributed by atoms with Crippen LogP contribution < -0.4 is 11.1 Å². The first-order chi connectivity index (χ1) is 21.8. The summed E-state index contributed by atoms with van der Waals surface area (Å²) < 4.78 is 6.31. The zero-order valence-corrected chi connectivity index (χ0v) is 31.3. The molecule has 4 saturated carbocycles. The van der Waals surface area contributed by atoms with E-state index >= 15 is 0 Å². The third-order valence-electron chi connectivity index (χ3n) is 15.0. The number of guanidine groups is 2. The summed E-state index contributed by atoms with van der Waals surface area (Å²) in [7, 11) is 3.45. The minimum absolute atomic E-state index is 0.0258. The van der Waals surface area contributed by atoms with Crippen molar-refractivity contribution in [2.24, 2.45) is 79.7 Å². The Kier molecular flexibility index (Phi) is 9.55. The number of ether oxygens (including phenoxy) is 1. The molecule has 0 radical (unpaired) electrons. The Morgan fingerprint density at radius 3 is 2.38 bits per heavy atom. The maximum Gasteiger partial charge on any atom is 0.306 e. The molecule has 4 fully saturated rings. The predicted octanol–water partition coefficient (Wildman–Crippen LogP) is 7.39. The standard InChI is InChI=1S/C39H65N5O3/c1-22(2)20-31(45)47-30-21-27(33(46)42-34(40)43-35(41)44(10)11)39(9)28(36(30,5)6)17-19-38(8)29(39)15-14-26-32-24(4)23(3)12-13-25(32)16-18-37(26,38)7/h14,22-25,27-30,32H,12-13,15-21H2,1-11H3,(H4,40,41,42,43,46). The molecular formula is C39H65N5O3. The van der Waals surface area contributed by atoms with Crippen molar-refractivity contribution >= 4 is 23.8 Å². The van der Waals surface area contributed by atoms with Crippen LogP contribution in [0.15, 0.2) is 16.6 Å². The van der Waals surface area contributed by atoms with Crippen LogP contribution in [0.25, 0.3) is 0 Å². The smallest absolute Gasteiger partial charge is 0.306 e. The lowest BCUT2D eigenvalue weighted by Gasteiger charge is -2.71. The molecule has 4 N–H and O–H groups in total. The van der Waals surface area contributed by atoms with Gasteiger partial charge in [-0.15, -0.1) is 0 Å². The number of carbonyl (C=O) groups excluding carboxylic acids is 2. The van der Waals surface area contributed by atoms with E-state index in [1.165, 1.54) is 25.7 Å². The Morgan fingerprint density at radius 2 is 1.74 bits per heavy atom. The van der Waals surface area contributed by atoms with E-state index in [-0.39, 0.29) is 69.3 Å². The minimum atomic E-state index is -0.423. The summed E-state index contributed by atoms with van der Waals surface area (Å²) in [6.07, 6.45) is 11.4. The lowest BCUT2D eigenvalue weighted by Crippen LogP contribution is -2.68. The van der Waals surface area contributed by atoms with Gasteiger partial charge in [0.2, 0.25) is 17.8 Å². The first kappa shape index (κ1) is 35.9. The van der Waals surface area contributed by atoms with E-state index in [0.29, 0.717) is 24.7 Å². The van der Waals surface area contributed by atoms with Crippen molar-refractivity contribution in [3.63, 3.8) is 0 Å². The Morgan fingerprint density at radius 1 is 1.06 bits per heavy atom. The number of carbonyl (C=O) groups is 2. The van der Waals surface area contributed by atoms with Gasteiger partial charge in [-0.3, -0.25) is 20.3 Å². The number of hydrogen-bond acceptors (Lipinski definition) is 4. The van der Waals surface area contributed by atoms with Gasteiger partial charge >= 0.3 is 5.97 Å². The second kappa shape index (κ2) is 12.5. The Bertz CT molecular complexity index is 1320. The molecule has 5 aliphatic carbocycles. The molecule has 47 heavy (non-hydrogen) atoms. The lowest BCUT2D eigenvalue weighted by atomic mass is 9.33. The maximum absolute atomic E-state index is 14.5. The molecular weight excluding hydrogens is 586 g/mol. The van der Waals surface area contributed by atoms with Crippen molar-refractivity contribution in [2.75, 3.05) is 14.1 Å². The van der Waals surface area contributed by atoms with Crippen molar-refractivity contribution in [3.05, 3.63) is 11.6 Å². The molecule has 8 nitrogen and oxygen atoms in total. The quantitative estimate of drug-likeness (QED) is 0.127. The van der Waals surface area contributed by atoms with Crippen LogP contribution in [0.3, 0.4) is 0 Å². The third kappa shape index (κ3) is 5.75. The molecule has 5 aliphatic rings. The molecule has 0 spiro atoms. The summed E-state index contributed by atoms with van der Waals surface area (Å²) >= 11 is 0. The van der Waals surface area contributed by atoms with E-state index in [0.717, 1.165) is 31.1 Å². The van der Waals surface area contributed by atoms with Gasteiger partial charge in [-0.25, -0.2) is 0 Å². The molecule has 8 heteroatoms. The Labute approximate surface area is 285 Å². The monoisotopic (exact) mass is 652 g/mol. The van der Waals surface area contributed by atoms with E-state index in [2.05, 4.69) is 64.9 Å². The van der Waals surface area contributed by atoms with Crippen LogP contribution in [0.1, 0.15) is 120 Å². The highest BCUT2D eigenvalue weighted by Crippen LogP contribution is 2.75. The van der Waals surface area contributed by atoms with Crippen LogP contribution >= 0.6 is 0 Å². The molecule has 0 aromatic heterocycles. The van der Waals surface area contributed by atoms with Gasteiger partial charge in [0.1, 0.15) is 6.10 Å². The normalized spacial score (nSPS) is 42.6. The first-order valence-electron chi connectivity index (χ1n) is 18.6. The highest BCUT2D eigenvalue weighted by Gasteiger charge is 2.70. The second-order valence-corrected chi connectivity index (χ2v) is 18.3. The summed E-state index contributed by atoms with van der Waals surface area (Å²) in [6, 6.07) is 0. The summed E-state index contributed by atoms with van der Waals surface area (Å²) in [5.74, 6) is 2.70. The van der Waals surface area contributed by atoms with E-state index in [9.17, 15) is 9.59 Å². The van der Waals surface area contributed by atoms with Gasteiger partial charge < -0.3 is 15.4 Å². The number of nitrogens with zero attached hydrogens (tertiary/aromatic N) is 2. The summed E-state index contributed by atoms with van der Waals surface area (Å²) in [5.41, 5.74) is 7.45. The molecule has 11 unspecified atom stereocenters. The summed E-state index contributed by atoms with van der Waals surface area (Å²) in [4.78, 5) is 33.4. The third-order valence-corrected chi connectivity index (χ3v) is 15.0. The van der Waals surface area contributed by atoms with E-state index in [1.807, 2.05) is 13.8 Å². The number of fused-ring (bicyclic) bond motifs is 7. The number of aliphatic imine (C=N–C) groups is 1. The second-order valence-electron chi connectivity index (χ2n) is 18.3. The lowest BCUT2D eigenvalue weighted by molar-refractivity contribution is -0.230. The minimum Gasteiger partial charge on any atom is -0.462 e. The van der Waals surface area contributed by atoms with E-state index in [1.54, 1.807) is 24.6 Å². The number of rotatable bonds is 4. The predicted molar refractivity (Wildman–Crippen MR) is 189 cm³/mol. The average Bonchev–Trinajstić information content (AvgIpc) is 2.95. The number of amides is 1. The van der Waals surface area contributed by atoms with Crippen molar-refractivity contribution in [1.82, 2.24) is 10.2 Å². The molecule has 5 rings (SSSR count). The molecule has 1 amide bonds. The van der Waals surface area contributed by atoms with Gasteiger partial charge in [-0.05, 0) is 103 Å². The van der Waals surface area contributed by atoms with Crippen molar-refractivity contribution in [1.29, 1.82) is 5.41 Å². The number of nitrogens with one attached hydrogen (secondary N) is 2. The van der Waals surface area contributed by atoms with E-state index < -0.39 is 5.92 Å². The van der Waals surface area contributed by atoms with Crippen LogP contribution in [-0.4, -0.2) is 48.9 Å². The topological polar surface area (TPSA) is 121 Å². The number of hydrogen-bond donors (Lipinski definition) is 3. The molecule has 0 saturated heterocycles. The van der Waals surface area contributed by atoms with Gasteiger partial charge in [-0.1, -0.05) is 80.4 Å². The number of nitrogens with two attached hydrogens (primary N) is 1. The molecule has 0 aromatic carbocycles. The molecule has 264 valence electrons. The molecule has 0 bridgehead atoms. The van der Waals surface area contributed by atoms with Gasteiger partial charge in [0.15, 0.2) is 0 Å². The van der Waals surface area contributed by atoms with Gasteiger partial charge in [-0.2, -0.15) is 4.99 Å². The van der Waals surface area contributed by atoms with Crippen LogP contribution in [0.5, 0.6) is 0 Å². The molecule has 0 aromatic rings. The fraction of sp³-hybridized carbons (Fsp3) is 0.846. The van der Waals surface area contributed by atoms with Crippen LogP contribution in [0, 0.1) is 74.4 Å². The maximum atomic E-state index is 14.5. The summed E-state index contributed by atoms with van der Waals surface area (Å²) in [6.45, 7) is 21.1. The number of esters is 1. The zero-order chi connectivity index (χ0) is 34.9. The van der Waals surface area contributed by atoms with Crippen LogP contribution in [0.2, 0.25) is 0 Å². The summed E-state index contributed by atoms with van der Waals surface area (Å²) in [5, 5.41) is 11.1. The molecule has 11 atom stereocenters.